The first-order chi connectivity index (χ1) is 7.16. The fraction of sp³-hybridized carbons (Fsp3) is 0.600. The van der Waals surface area contributed by atoms with Crippen molar-refractivity contribution in [2.45, 2.75) is 12.8 Å². The van der Waals surface area contributed by atoms with Crippen molar-refractivity contribution in [1.82, 2.24) is 9.88 Å². The van der Waals surface area contributed by atoms with Gasteiger partial charge in [0.2, 0.25) is 0 Å². The van der Waals surface area contributed by atoms with Crippen LogP contribution in [0.4, 0.5) is 4.79 Å². The Kier molecular flexibility index (Phi) is 1.80. The van der Waals surface area contributed by atoms with Gasteiger partial charge in [0, 0.05) is 24.4 Å². The highest BCUT2D eigenvalue weighted by molar-refractivity contribution is 7.09. The monoisotopic (exact) mass is 224 g/mol. The Labute approximate surface area is 91.5 Å². The summed E-state index contributed by atoms with van der Waals surface area (Å²) in [6.07, 6.45) is -0.782. The van der Waals surface area contributed by atoms with Crippen LogP contribution >= 0.6 is 11.3 Å². The van der Waals surface area contributed by atoms with Gasteiger partial charge in [-0.1, -0.05) is 0 Å². The molecule has 1 aliphatic heterocycles. The molecule has 5 heteroatoms. The van der Waals surface area contributed by atoms with Crippen molar-refractivity contribution < 1.29 is 9.90 Å². The molecular formula is C10H12N2O2S. The molecule has 0 radical (unpaired) electrons. The van der Waals surface area contributed by atoms with Crippen LogP contribution in [0.5, 0.6) is 0 Å². The number of aromatic nitrogens is 1. The Morgan fingerprint density at radius 2 is 2.27 bits per heavy atom. The lowest BCUT2D eigenvalue weighted by Crippen LogP contribution is -2.29. The van der Waals surface area contributed by atoms with Crippen LogP contribution in [-0.4, -0.2) is 34.2 Å². The van der Waals surface area contributed by atoms with Crippen LogP contribution in [0.15, 0.2) is 5.38 Å². The molecule has 3 atom stereocenters. The van der Waals surface area contributed by atoms with Crippen molar-refractivity contribution in [3.8, 4) is 0 Å². The van der Waals surface area contributed by atoms with Crippen LogP contribution in [0, 0.1) is 18.8 Å². The number of aryl methyl sites for hydroxylation is 1. The summed E-state index contributed by atoms with van der Waals surface area (Å²) < 4.78 is 0. The zero-order chi connectivity index (χ0) is 10.6. The normalized spacial score (nSPS) is 32.9. The lowest BCUT2D eigenvalue weighted by atomic mass is 10.2. The number of carboxylic acid groups (broad SMARTS) is 1. The number of piperidine rings is 1. The fourth-order valence-electron chi connectivity index (χ4n) is 2.65. The van der Waals surface area contributed by atoms with Crippen molar-refractivity contribution in [2.75, 3.05) is 13.1 Å². The molecule has 80 valence electrons. The van der Waals surface area contributed by atoms with Gasteiger partial charge in [-0.2, -0.15) is 0 Å². The lowest BCUT2D eigenvalue weighted by Gasteiger charge is -2.14. The van der Waals surface area contributed by atoms with Crippen molar-refractivity contribution in [2.24, 2.45) is 11.8 Å². The third-order valence-electron chi connectivity index (χ3n) is 3.44. The minimum absolute atomic E-state index is 0.530. The van der Waals surface area contributed by atoms with Gasteiger partial charge >= 0.3 is 6.09 Å². The molecule has 0 bridgehead atoms. The quantitative estimate of drug-likeness (QED) is 0.791. The summed E-state index contributed by atoms with van der Waals surface area (Å²) in [5, 5.41) is 12.0. The molecule has 1 saturated carbocycles. The Hall–Kier alpha value is -1.10. The summed E-state index contributed by atoms with van der Waals surface area (Å²) in [7, 11) is 0. The Morgan fingerprint density at radius 1 is 1.60 bits per heavy atom. The SMILES string of the molecule is Cc1nc(C2[C@H]3CN(C(=O)O)C[C@@H]23)cs1. The molecule has 4 nitrogen and oxygen atoms in total. The zero-order valence-corrected chi connectivity index (χ0v) is 9.20. The molecule has 1 N–H and O–H groups in total. The van der Waals surface area contributed by atoms with E-state index in [1.807, 2.05) is 6.92 Å². The minimum atomic E-state index is -0.782. The minimum Gasteiger partial charge on any atom is -0.465 e. The summed E-state index contributed by atoms with van der Waals surface area (Å²) in [5.74, 6) is 1.59. The van der Waals surface area contributed by atoms with E-state index in [0.29, 0.717) is 30.8 Å². The maximum absolute atomic E-state index is 10.7. The first-order valence-corrected chi connectivity index (χ1v) is 5.94. The topological polar surface area (TPSA) is 53.4 Å². The van der Waals surface area contributed by atoms with Gasteiger partial charge in [0.25, 0.3) is 0 Å². The largest absolute Gasteiger partial charge is 0.465 e. The molecule has 1 unspecified atom stereocenters. The van der Waals surface area contributed by atoms with Crippen molar-refractivity contribution in [3.63, 3.8) is 0 Å². The van der Waals surface area contributed by atoms with Crippen LogP contribution in [0.3, 0.4) is 0 Å². The van der Waals surface area contributed by atoms with Gasteiger partial charge in [-0.15, -0.1) is 11.3 Å². The second kappa shape index (κ2) is 2.95. The maximum atomic E-state index is 10.7. The van der Waals surface area contributed by atoms with E-state index < -0.39 is 6.09 Å². The Bertz CT molecular complexity index is 405. The van der Waals surface area contributed by atoms with Crippen molar-refractivity contribution >= 4 is 17.4 Å². The van der Waals surface area contributed by atoms with Crippen LogP contribution in [0.25, 0.3) is 0 Å². The zero-order valence-electron chi connectivity index (χ0n) is 8.38. The number of nitrogens with zero attached hydrogens (tertiary/aromatic N) is 2. The molecular weight excluding hydrogens is 212 g/mol. The molecule has 2 aliphatic rings. The van der Waals surface area contributed by atoms with E-state index in [-0.39, 0.29) is 0 Å². The molecule has 1 amide bonds. The van der Waals surface area contributed by atoms with Gasteiger partial charge in [0.15, 0.2) is 0 Å². The molecule has 0 aromatic carbocycles. The lowest BCUT2D eigenvalue weighted by molar-refractivity contribution is 0.150. The number of hydrogen-bond donors (Lipinski definition) is 1. The number of thiazole rings is 1. The van der Waals surface area contributed by atoms with Gasteiger partial charge in [0.1, 0.15) is 0 Å². The van der Waals surface area contributed by atoms with Gasteiger partial charge in [-0.25, -0.2) is 9.78 Å². The summed E-state index contributed by atoms with van der Waals surface area (Å²) in [6.45, 7) is 3.40. The first kappa shape index (κ1) is 9.15. The van der Waals surface area contributed by atoms with Crippen LogP contribution in [0.1, 0.15) is 16.6 Å². The molecule has 2 fully saturated rings. The van der Waals surface area contributed by atoms with E-state index in [4.69, 9.17) is 5.11 Å². The molecule has 1 saturated heterocycles. The highest BCUT2D eigenvalue weighted by Gasteiger charge is 2.58. The van der Waals surface area contributed by atoms with Crippen LogP contribution in [0.2, 0.25) is 0 Å². The Balaban J connectivity index is 1.70. The molecule has 3 rings (SSSR count). The van der Waals surface area contributed by atoms with E-state index in [9.17, 15) is 4.79 Å². The van der Waals surface area contributed by atoms with Gasteiger partial charge in [-0.3, -0.25) is 0 Å². The van der Waals surface area contributed by atoms with Crippen LogP contribution < -0.4 is 0 Å². The maximum Gasteiger partial charge on any atom is 0.407 e. The standard InChI is InChI=1S/C10H12N2O2S/c1-5-11-8(4-15-5)9-6-2-12(10(13)14)3-7(6)9/h4,6-7,9H,2-3H2,1H3,(H,13,14)/t6-,7+,9?. The fourth-order valence-corrected chi connectivity index (χ4v) is 3.31. The smallest absolute Gasteiger partial charge is 0.407 e. The number of carbonyl (C=O) groups is 1. The number of likely N-dealkylation sites (tertiary alicyclic amines) is 1. The second-order valence-electron chi connectivity index (χ2n) is 4.33. The van der Waals surface area contributed by atoms with Gasteiger partial charge in [0.05, 0.1) is 10.7 Å². The average Bonchev–Trinajstić information content (AvgIpc) is 2.62. The van der Waals surface area contributed by atoms with Crippen molar-refractivity contribution in [3.05, 3.63) is 16.1 Å². The second-order valence-corrected chi connectivity index (χ2v) is 5.39. The molecule has 2 heterocycles. The predicted molar refractivity (Wildman–Crippen MR) is 56.2 cm³/mol. The average molecular weight is 224 g/mol. The third-order valence-corrected chi connectivity index (χ3v) is 4.23. The van der Waals surface area contributed by atoms with E-state index in [2.05, 4.69) is 10.4 Å². The molecule has 15 heavy (non-hydrogen) atoms. The third kappa shape index (κ3) is 1.33. The Morgan fingerprint density at radius 3 is 2.73 bits per heavy atom. The number of amides is 1. The highest BCUT2D eigenvalue weighted by atomic mass is 32.1. The summed E-state index contributed by atoms with van der Waals surface area (Å²) in [4.78, 5) is 16.7. The summed E-state index contributed by atoms with van der Waals surface area (Å²) in [5.41, 5.74) is 1.18. The number of hydrogen-bond acceptors (Lipinski definition) is 3. The van der Waals surface area contributed by atoms with Crippen molar-refractivity contribution in [1.29, 1.82) is 0 Å². The van der Waals surface area contributed by atoms with E-state index in [0.717, 1.165) is 5.01 Å². The summed E-state index contributed by atoms with van der Waals surface area (Å²) >= 11 is 1.68. The molecule has 1 aromatic rings. The predicted octanol–water partition coefficient (Wildman–Crippen LogP) is 1.77. The van der Waals surface area contributed by atoms with E-state index in [1.165, 1.54) is 10.6 Å². The van der Waals surface area contributed by atoms with Gasteiger partial charge < -0.3 is 10.0 Å². The van der Waals surface area contributed by atoms with E-state index >= 15 is 0 Å². The van der Waals surface area contributed by atoms with E-state index in [1.54, 1.807) is 11.3 Å². The molecule has 1 aromatic heterocycles. The van der Waals surface area contributed by atoms with Gasteiger partial charge in [-0.05, 0) is 18.8 Å². The molecule has 1 aliphatic carbocycles. The molecule has 0 spiro atoms. The number of rotatable bonds is 1. The van der Waals surface area contributed by atoms with Crippen LogP contribution in [-0.2, 0) is 0 Å². The highest BCUT2D eigenvalue weighted by Crippen LogP contribution is 2.57. The number of fused-ring (bicyclic) bond motifs is 1. The summed E-state index contributed by atoms with van der Waals surface area (Å²) in [6, 6.07) is 0. The first-order valence-electron chi connectivity index (χ1n) is 5.06.